The number of carbonyl (C=O) groups is 1. The molecule has 2 N–H and O–H groups in total. The first-order chi connectivity index (χ1) is 10.2. The van der Waals surface area contributed by atoms with Crippen LogP contribution in [0, 0.1) is 11.8 Å². The van der Waals surface area contributed by atoms with Gasteiger partial charge in [-0.1, -0.05) is 28.1 Å². The van der Waals surface area contributed by atoms with Crippen LogP contribution >= 0.6 is 15.9 Å². The molecule has 1 aliphatic carbocycles. The van der Waals surface area contributed by atoms with E-state index in [4.69, 9.17) is 0 Å². The maximum atomic E-state index is 12.3. The number of aliphatic hydroxyl groups excluding tert-OH is 1. The Morgan fingerprint density at radius 1 is 1.29 bits per heavy atom. The first-order valence-corrected chi connectivity index (χ1v) is 8.33. The van der Waals surface area contributed by atoms with E-state index >= 15 is 0 Å². The lowest BCUT2D eigenvalue weighted by Gasteiger charge is -2.16. The molecule has 4 nitrogen and oxygen atoms in total. The van der Waals surface area contributed by atoms with Crippen LogP contribution in [-0.4, -0.2) is 41.7 Å². The Morgan fingerprint density at radius 2 is 2.00 bits per heavy atom. The molecule has 1 aromatic carbocycles. The number of hydrogen-bond donors (Lipinski definition) is 2. The Morgan fingerprint density at radius 3 is 2.62 bits per heavy atom. The fraction of sp³-hybridized carbons (Fsp3) is 0.562. The fourth-order valence-corrected chi connectivity index (χ4v) is 3.22. The largest absolute Gasteiger partial charge is 0.396 e. The van der Waals surface area contributed by atoms with Gasteiger partial charge >= 0.3 is 0 Å². The smallest absolute Gasteiger partial charge is 0.225 e. The molecule has 1 amide bonds. The van der Waals surface area contributed by atoms with Gasteiger partial charge in [0, 0.05) is 42.7 Å². The number of nitrogens with zero attached hydrogens (tertiary/aromatic N) is 1. The van der Waals surface area contributed by atoms with E-state index in [9.17, 15) is 9.90 Å². The zero-order chi connectivity index (χ0) is 14.8. The molecule has 2 atom stereocenters. The second kappa shape index (κ2) is 6.46. The van der Waals surface area contributed by atoms with Crippen molar-refractivity contribution in [3.63, 3.8) is 0 Å². The van der Waals surface area contributed by atoms with Gasteiger partial charge in [-0.2, -0.15) is 0 Å². The molecular formula is C16H21BrN2O2. The quantitative estimate of drug-likeness (QED) is 0.848. The Labute approximate surface area is 133 Å². The van der Waals surface area contributed by atoms with E-state index in [1.165, 1.54) is 5.56 Å². The summed E-state index contributed by atoms with van der Waals surface area (Å²) in [4.78, 5) is 14.5. The monoisotopic (exact) mass is 352 g/mol. The highest BCUT2D eigenvalue weighted by atomic mass is 79.9. The third-order valence-electron chi connectivity index (χ3n) is 4.33. The molecule has 1 aliphatic heterocycles. The average Bonchev–Trinajstić information content (AvgIpc) is 3.19. The van der Waals surface area contributed by atoms with Crippen LogP contribution < -0.4 is 5.32 Å². The Bertz CT molecular complexity index is 502. The zero-order valence-corrected chi connectivity index (χ0v) is 13.6. The maximum absolute atomic E-state index is 12.3. The SMILES string of the molecule is O=C(NC1CC1)[C@@H]1CN(Cc2ccc(Br)cc2)C[C@H]1CO. The topological polar surface area (TPSA) is 52.6 Å². The molecule has 21 heavy (non-hydrogen) atoms. The summed E-state index contributed by atoms with van der Waals surface area (Å²) >= 11 is 3.44. The van der Waals surface area contributed by atoms with E-state index in [-0.39, 0.29) is 24.3 Å². The second-order valence-electron chi connectivity index (χ2n) is 6.15. The summed E-state index contributed by atoms with van der Waals surface area (Å²) in [7, 11) is 0. The molecule has 0 radical (unpaired) electrons. The molecule has 0 aromatic heterocycles. The van der Waals surface area contributed by atoms with Crippen LogP contribution in [0.3, 0.4) is 0 Å². The number of amides is 1. The van der Waals surface area contributed by atoms with Crippen molar-refractivity contribution in [3.05, 3.63) is 34.3 Å². The van der Waals surface area contributed by atoms with E-state index in [0.717, 1.165) is 36.9 Å². The van der Waals surface area contributed by atoms with Crippen LogP contribution in [0.25, 0.3) is 0 Å². The van der Waals surface area contributed by atoms with Crippen molar-refractivity contribution in [2.75, 3.05) is 19.7 Å². The van der Waals surface area contributed by atoms with Gasteiger partial charge in [0.25, 0.3) is 0 Å². The summed E-state index contributed by atoms with van der Waals surface area (Å²) in [5.41, 5.74) is 1.23. The number of carbonyl (C=O) groups excluding carboxylic acids is 1. The highest BCUT2D eigenvalue weighted by Gasteiger charge is 2.38. The molecule has 2 fully saturated rings. The Balaban J connectivity index is 1.60. The normalized spacial score (nSPS) is 26.0. The second-order valence-corrected chi connectivity index (χ2v) is 7.07. The summed E-state index contributed by atoms with van der Waals surface area (Å²) in [5, 5.41) is 12.6. The number of nitrogens with one attached hydrogen (secondary N) is 1. The van der Waals surface area contributed by atoms with Crippen LogP contribution in [0.2, 0.25) is 0 Å². The lowest BCUT2D eigenvalue weighted by molar-refractivity contribution is -0.126. The lowest BCUT2D eigenvalue weighted by atomic mass is 9.96. The predicted molar refractivity (Wildman–Crippen MR) is 84.6 cm³/mol. The highest BCUT2D eigenvalue weighted by molar-refractivity contribution is 9.10. The molecule has 0 bridgehead atoms. The standard InChI is InChI=1S/C16H21BrN2O2/c17-13-3-1-11(2-4-13)7-19-8-12(10-20)15(9-19)16(21)18-14-5-6-14/h1-4,12,14-15,20H,5-10H2,(H,18,21)/t12-,15+/m0/s1. The summed E-state index contributed by atoms with van der Waals surface area (Å²) in [6, 6.07) is 8.64. The third kappa shape index (κ3) is 3.84. The van der Waals surface area contributed by atoms with Crippen molar-refractivity contribution < 1.29 is 9.90 Å². The molecule has 1 aromatic rings. The molecule has 2 aliphatic rings. The minimum Gasteiger partial charge on any atom is -0.396 e. The molecule has 0 unspecified atom stereocenters. The number of hydrogen-bond acceptors (Lipinski definition) is 3. The molecule has 114 valence electrons. The van der Waals surface area contributed by atoms with Crippen LogP contribution in [0.4, 0.5) is 0 Å². The van der Waals surface area contributed by atoms with Crippen LogP contribution in [0.15, 0.2) is 28.7 Å². The van der Waals surface area contributed by atoms with E-state index in [2.05, 4.69) is 38.3 Å². The average molecular weight is 353 g/mol. The number of aliphatic hydroxyl groups is 1. The van der Waals surface area contributed by atoms with Gasteiger partial charge in [0.15, 0.2) is 0 Å². The molecule has 5 heteroatoms. The van der Waals surface area contributed by atoms with E-state index < -0.39 is 0 Å². The van der Waals surface area contributed by atoms with Crippen molar-refractivity contribution in [2.24, 2.45) is 11.8 Å². The van der Waals surface area contributed by atoms with Crippen molar-refractivity contribution in [1.29, 1.82) is 0 Å². The maximum Gasteiger partial charge on any atom is 0.225 e. The van der Waals surface area contributed by atoms with E-state index in [0.29, 0.717) is 6.04 Å². The molecule has 0 spiro atoms. The van der Waals surface area contributed by atoms with Gasteiger partial charge in [0.1, 0.15) is 0 Å². The van der Waals surface area contributed by atoms with Crippen molar-refractivity contribution in [2.45, 2.75) is 25.4 Å². The van der Waals surface area contributed by atoms with E-state index in [1.807, 2.05) is 12.1 Å². The number of benzene rings is 1. The Hall–Kier alpha value is -0.910. The summed E-state index contributed by atoms with van der Waals surface area (Å²) in [6.45, 7) is 2.44. The van der Waals surface area contributed by atoms with Gasteiger partial charge in [0.05, 0.1) is 5.92 Å². The van der Waals surface area contributed by atoms with Crippen LogP contribution in [0.5, 0.6) is 0 Å². The molecule has 1 saturated heterocycles. The number of halogens is 1. The summed E-state index contributed by atoms with van der Waals surface area (Å²) < 4.78 is 1.07. The predicted octanol–water partition coefficient (Wildman–Crippen LogP) is 1.77. The molecule has 1 saturated carbocycles. The van der Waals surface area contributed by atoms with Crippen LogP contribution in [-0.2, 0) is 11.3 Å². The fourth-order valence-electron chi connectivity index (χ4n) is 2.96. The van der Waals surface area contributed by atoms with Gasteiger partial charge in [-0.3, -0.25) is 9.69 Å². The highest BCUT2D eigenvalue weighted by Crippen LogP contribution is 2.27. The van der Waals surface area contributed by atoms with Crippen molar-refractivity contribution in [1.82, 2.24) is 10.2 Å². The van der Waals surface area contributed by atoms with Crippen molar-refractivity contribution >= 4 is 21.8 Å². The van der Waals surface area contributed by atoms with E-state index in [1.54, 1.807) is 0 Å². The van der Waals surface area contributed by atoms with Gasteiger partial charge in [-0.05, 0) is 30.5 Å². The number of likely N-dealkylation sites (tertiary alicyclic amines) is 1. The molecular weight excluding hydrogens is 332 g/mol. The summed E-state index contributed by atoms with van der Waals surface area (Å²) in [5.74, 6) is 0.0973. The van der Waals surface area contributed by atoms with Crippen LogP contribution in [0.1, 0.15) is 18.4 Å². The number of rotatable bonds is 5. The first kappa shape index (κ1) is 15.0. The summed E-state index contributed by atoms with van der Waals surface area (Å²) in [6.07, 6.45) is 2.20. The zero-order valence-electron chi connectivity index (χ0n) is 12.0. The third-order valence-corrected chi connectivity index (χ3v) is 4.86. The first-order valence-electron chi connectivity index (χ1n) is 7.53. The van der Waals surface area contributed by atoms with Gasteiger partial charge < -0.3 is 10.4 Å². The molecule has 1 heterocycles. The van der Waals surface area contributed by atoms with Gasteiger partial charge in [0.2, 0.25) is 5.91 Å². The van der Waals surface area contributed by atoms with Gasteiger partial charge in [-0.15, -0.1) is 0 Å². The Kier molecular flexibility index (Phi) is 4.62. The minimum atomic E-state index is -0.0777. The lowest BCUT2D eigenvalue weighted by Crippen LogP contribution is -2.37. The minimum absolute atomic E-state index is 0.0548. The van der Waals surface area contributed by atoms with Gasteiger partial charge in [-0.25, -0.2) is 0 Å². The molecule has 3 rings (SSSR count). The van der Waals surface area contributed by atoms with Crippen molar-refractivity contribution in [3.8, 4) is 0 Å².